The first-order valence-corrected chi connectivity index (χ1v) is 9.38. The Hall–Kier alpha value is -3.39. The molecule has 0 saturated carbocycles. The molecular weight excluding hydrogens is 377 g/mol. The molecule has 2 heterocycles. The highest BCUT2D eigenvalue weighted by atomic mass is 32.1. The Bertz CT molecular complexity index is 1110. The zero-order valence-electron chi connectivity index (χ0n) is 15.0. The van der Waals surface area contributed by atoms with Crippen molar-refractivity contribution in [1.82, 2.24) is 19.7 Å². The van der Waals surface area contributed by atoms with Crippen LogP contribution in [0.15, 0.2) is 60.9 Å². The number of aryl methyl sites for hydroxylation is 1. The van der Waals surface area contributed by atoms with Crippen LogP contribution in [-0.2, 0) is 6.54 Å². The van der Waals surface area contributed by atoms with Crippen LogP contribution in [0.25, 0.3) is 10.6 Å². The van der Waals surface area contributed by atoms with Gasteiger partial charge in [0.05, 0.1) is 12.2 Å². The molecule has 8 heteroatoms. The summed E-state index contributed by atoms with van der Waals surface area (Å²) in [4.78, 5) is 21.7. The molecule has 0 aliphatic rings. The highest BCUT2D eigenvalue weighted by Crippen LogP contribution is 2.28. The van der Waals surface area contributed by atoms with E-state index in [1.54, 1.807) is 30.1 Å². The van der Waals surface area contributed by atoms with Gasteiger partial charge in [-0.25, -0.2) is 19.0 Å². The monoisotopic (exact) mass is 393 g/mol. The van der Waals surface area contributed by atoms with Gasteiger partial charge in [0, 0.05) is 5.56 Å². The summed E-state index contributed by atoms with van der Waals surface area (Å²) < 4.78 is 14.8. The molecule has 1 N–H and O–H groups in total. The van der Waals surface area contributed by atoms with E-state index in [9.17, 15) is 9.18 Å². The normalized spacial score (nSPS) is 10.8. The summed E-state index contributed by atoms with van der Waals surface area (Å²) in [5, 5.41) is 7.66. The lowest BCUT2D eigenvalue weighted by molar-refractivity contribution is 0.102. The number of nitrogens with zero attached hydrogens (tertiary/aromatic N) is 4. The second-order valence-corrected chi connectivity index (χ2v) is 7.14. The predicted molar refractivity (Wildman–Crippen MR) is 106 cm³/mol. The van der Waals surface area contributed by atoms with Crippen LogP contribution in [0.2, 0.25) is 0 Å². The molecule has 0 saturated heterocycles. The Morgan fingerprint density at radius 2 is 1.89 bits per heavy atom. The fraction of sp³-hybridized carbons (Fsp3) is 0.100. The van der Waals surface area contributed by atoms with Crippen molar-refractivity contribution in [3.63, 3.8) is 0 Å². The van der Waals surface area contributed by atoms with Gasteiger partial charge in [-0.15, -0.1) is 16.4 Å². The summed E-state index contributed by atoms with van der Waals surface area (Å²) in [6.07, 6.45) is 1.58. The summed E-state index contributed by atoms with van der Waals surface area (Å²) in [5.74, 6) is -0.398. The largest absolute Gasteiger partial charge is 0.288 e. The van der Waals surface area contributed by atoms with Crippen LogP contribution >= 0.6 is 11.3 Å². The molecule has 0 spiro atoms. The van der Waals surface area contributed by atoms with Gasteiger partial charge in [0.1, 0.15) is 22.0 Å². The Balaban J connectivity index is 1.47. The fourth-order valence-corrected chi connectivity index (χ4v) is 3.65. The van der Waals surface area contributed by atoms with Crippen molar-refractivity contribution in [3.05, 3.63) is 82.9 Å². The van der Waals surface area contributed by atoms with Gasteiger partial charge in [0.25, 0.3) is 5.91 Å². The molecule has 28 heavy (non-hydrogen) atoms. The Kier molecular flexibility index (Phi) is 4.94. The lowest BCUT2D eigenvalue weighted by atomic mass is 10.2. The van der Waals surface area contributed by atoms with Gasteiger partial charge in [-0.2, -0.15) is 0 Å². The molecule has 140 valence electrons. The minimum atomic E-state index is -0.319. The maximum absolute atomic E-state index is 13.1. The summed E-state index contributed by atoms with van der Waals surface area (Å²) in [5.41, 5.74) is 2.46. The summed E-state index contributed by atoms with van der Waals surface area (Å²) >= 11 is 1.25. The molecule has 4 rings (SSSR count). The van der Waals surface area contributed by atoms with Gasteiger partial charge in [-0.1, -0.05) is 30.3 Å². The third kappa shape index (κ3) is 3.96. The molecule has 0 fully saturated rings. The number of rotatable bonds is 5. The van der Waals surface area contributed by atoms with Gasteiger partial charge < -0.3 is 0 Å². The number of benzene rings is 2. The number of nitrogens with one attached hydrogen (secondary N) is 1. The van der Waals surface area contributed by atoms with Crippen molar-refractivity contribution < 1.29 is 9.18 Å². The van der Waals surface area contributed by atoms with Crippen LogP contribution in [-0.4, -0.2) is 25.7 Å². The maximum atomic E-state index is 13.1. The van der Waals surface area contributed by atoms with Crippen LogP contribution in [0.5, 0.6) is 0 Å². The molecule has 0 aliphatic carbocycles. The van der Waals surface area contributed by atoms with Gasteiger partial charge in [-0.05, 0) is 36.8 Å². The molecule has 0 unspecified atom stereocenters. The Morgan fingerprint density at radius 1 is 1.14 bits per heavy atom. The van der Waals surface area contributed by atoms with E-state index in [4.69, 9.17) is 0 Å². The number of carbonyl (C=O) groups excluding carboxylic acids is 1. The topological polar surface area (TPSA) is 72.7 Å². The average molecular weight is 393 g/mol. The number of halogens is 1. The highest BCUT2D eigenvalue weighted by Gasteiger charge is 2.18. The number of anilines is 1. The molecular formula is C20H16FN5OS. The van der Waals surface area contributed by atoms with Crippen molar-refractivity contribution in [2.24, 2.45) is 0 Å². The zero-order chi connectivity index (χ0) is 19.5. The van der Waals surface area contributed by atoms with Crippen LogP contribution in [0.3, 0.4) is 0 Å². The van der Waals surface area contributed by atoms with Crippen molar-refractivity contribution in [1.29, 1.82) is 0 Å². The van der Waals surface area contributed by atoms with Crippen molar-refractivity contribution in [2.45, 2.75) is 13.5 Å². The second-order valence-electron chi connectivity index (χ2n) is 6.15. The second kappa shape index (κ2) is 7.69. The van der Waals surface area contributed by atoms with Crippen molar-refractivity contribution in [3.8, 4) is 10.6 Å². The van der Waals surface area contributed by atoms with E-state index in [-0.39, 0.29) is 17.7 Å². The number of amides is 1. The SMILES string of the molecule is Cc1nc(-c2ccc(F)cc2)sc1C(=O)Nc1ncn(Cc2ccccc2)n1. The quantitative estimate of drug-likeness (QED) is 0.553. The van der Waals surface area contributed by atoms with Gasteiger partial charge in [0.2, 0.25) is 5.95 Å². The first kappa shape index (κ1) is 18.0. The lowest BCUT2D eigenvalue weighted by Gasteiger charge is -2.01. The maximum Gasteiger partial charge on any atom is 0.270 e. The van der Waals surface area contributed by atoms with Gasteiger partial charge in [0.15, 0.2) is 0 Å². The molecule has 0 radical (unpaired) electrons. The Labute approximate surface area is 164 Å². The van der Waals surface area contributed by atoms with Crippen molar-refractivity contribution in [2.75, 3.05) is 5.32 Å². The van der Waals surface area contributed by atoms with Crippen molar-refractivity contribution >= 4 is 23.2 Å². The minimum Gasteiger partial charge on any atom is -0.288 e. The van der Waals surface area contributed by atoms with E-state index in [2.05, 4.69) is 20.4 Å². The molecule has 1 amide bonds. The summed E-state index contributed by atoms with van der Waals surface area (Å²) in [7, 11) is 0. The third-order valence-corrected chi connectivity index (χ3v) is 5.25. The van der Waals surface area contributed by atoms with E-state index in [1.165, 1.54) is 23.5 Å². The van der Waals surface area contributed by atoms with Crippen LogP contribution in [0, 0.1) is 12.7 Å². The summed E-state index contributed by atoms with van der Waals surface area (Å²) in [6.45, 7) is 2.33. The molecule has 0 atom stereocenters. The lowest BCUT2D eigenvalue weighted by Crippen LogP contribution is -2.13. The first-order valence-electron chi connectivity index (χ1n) is 8.56. The van der Waals surface area contributed by atoms with Crippen LogP contribution < -0.4 is 5.32 Å². The Morgan fingerprint density at radius 3 is 2.64 bits per heavy atom. The zero-order valence-corrected chi connectivity index (χ0v) is 15.8. The van der Waals surface area contributed by atoms with Crippen LogP contribution in [0.1, 0.15) is 20.9 Å². The highest BCUT2D eigenvalue weighted by molar-refractivity contribution is 7.17. The first-order chi connectivity index (χ1) is 13.6. The van der Waals surface area contributed by atoms with Gasteiger partial charge >= 0.3 is 0 Å². The van der Waals surface area contributed by atoms with E-state index >= 15 is 0 Å². The standard InChI is InChI=1S/C20H16FN5OS/c1-13-17(28-19(23-13)15-7-9-16(21)10-8-15)18(27)24-20-22-12-26(25-20)11-14-5-3-2-4-6-14/h2-10,12H,11H2,1H3,(H,24,25,27). The fourth-order valence-electron chi connectivity index (χ4n) is 2.68. The molecule has 2 aromatic heterocycles. The average Bonchev–Trinajstić information content (AvgIpc) is 3.29. The minimum absolute atomic E-state index is 0.233. The molecule has 2 aromatic carbocycles. The number of carbonyl (C=O) groups is 1. The number of thiazole rings is 1. The molecule has 0 aliphatic heterocycles. The third-order valence-electron chi connectivity index (χ3n) is 4.04. The van der Waals surface area contributed by atoms with E-state index in [0.717, 1.165) is 11.1 Å². The molecule has 0 bridgehead atoms. The number of hydrogen-bond donors (Lipinski definition) is 1. The number of aromatic nitrogens is 4. The number of hydrogen-bond acceptors (Lipinski definition) is 5. The van der Waals surface area contributed by atoms with E-state index in [1.807, 2.05) is 30.3 Å². The van der Waals surface area contributed by atoms with Gasteiger partial charge in [-0.3, -0.25) is 10.1 Å². The summed E-state index contributed by atoms with van der Waals surface area (Å²) in [6, 6.07) is 15.9. The predicted octanol–water partition coefficient (Wildman–Crippen LogP) is 4.15. The van der Waals surface area contributed by atoms with E-state index in [0.29, 0.717) is 22.1 Å². The smallest absolute Gasteiger partial charge is 0.270 e. The van der Waals surface area contributed by atoms with Crippen LogP contribution in [0.4, 0.5) is 10.3 Å². The van der Waals surface area contributed by atoms with E-state index < -0.39 is 0 Å². The molecule has 4 aromatic rings. The molecule has 6 nitrogen and oxygen atoms in total.